The van der Waals surface area contributed by atoms with Gasteiger partial charge in [-0.05, 0) is 43.9 Å². The highest BCUT2D eigenvalue weighted by Gasteiger charge is 2.20. The monoisotopic (exact) mass is 328 g/mol. The Bertz CT molecular complexity index is 789. The van der Waals surface area contributed by atoms with E-state index in [1.807, 2.05) is 24.0 Å². The average molecular weight is 328 g/mol. The zero-order chi connectivity index (χ0) is 17.1. The number of piperidine rings is 1. The van der Waals surface area contributed by atoms with Crippen LogP contribution in [-0.4, -0.2) is 35.1 Å². The van der Waals surface area contributed by atoms with Crippen LogP contribution in [0.15, 0.2) is 35.3 Å². The predicted octanol–water partition coefficient (Wildman–Crippen LogP) is 2.66. The molecule has 0 spiro atoms. The summed E-state index contributed by atoms with van der Waals surface area (Å²) in [5, 5.41) is 1.38. The minimum absolute atomic E-state index is 0.0146. The number of hydrogen-bond acceptors (Lipinski definition) is 3. The van der Waals surface area contributed by atoms with Gasteiger partial charge in [-0.15, -0.1) is 0 Å². The van der Waals surface area contributed by atoms with E-state index in [4.69, 9.17) is 4.74 Å². The third-order valence-corrected chi connectivity index (χ3v) is 4.81. The van der Waals surface area contributed by atoms with Gasteiger partial charge in [0.2, 0.25) is 0 Å². The van der Waals surface area contributed by atoms with E-state index >= 15 is 0 Å². The van der Waals surface area contributed by atoms with Crippen LogP contribution in [0.4, 0.5) is 0 Å². The highest BCUT2D eigenvalue weighted by molar-refractivity contribution is 5.88. The molecule has 0 saturated carbocycles. The SMILES string of the molecule is CCn1ccc2c(OCC(=O)N3CCC(C)CC3)cccc2c1=O. The van der Waals surface area contributed by atoms with Crippen molar-refractivity contribution in [1.29, 1.82) is 0 Å². The molecule has 5 nitrogen and oxygen atoms in total. The third-order valence-electron chi connectivity index (χ3n) is 4.81. The molecule has 0 unspecified atom stereocenters. The van der Waals surface area contributed by atoms with Crippen molar-refractivity contribution in [3.8, 4) is 5.75 Å². The zero-order valence-corrected chi connectivity index (χ0v) is 14.3. The standard InChI is InChI=1S/C19H24N2O3/c1-3-20-12-9-15-16(19(20)23)5-4-6-17(15)24-13-18(22)21-10-7-14(2)8-11-21/h4-6,9,12,14H,3,7-8,10-11,13H2,1-2H3. The van der Waals surface area contributed by atoms with Crippen molar-refractivity contribution in [2.24, 2.45) is 5.92 Å². The Morgan fingerprint density at radius 1 is 1.21 bits per heavy atom. The fourth-order valence-corrected chi connectivity index (χ4v) is 3.15. The molecule has 0 bridgehead atoms. The quantitative estimate of drug-likeness (QED) is 0.867. The van der Waals surface area contributed by atoms with Crippen molar-refractivity contribution in [2.45, 2.75) is 33.2 Å². The normalized spacial score (nSPS) is 15.7. The van der Waals surface area contributed by atoms with Crippen LogP contribution in [-0.2, 0) is 11.3 Å². The van der Waals surface area contributed by atoms with E-state index in [1.54, 1.807) is 22.9 Å². The summed E-state index contributed by atoms with van der Waals surface area (Å²) in [6, 6.07) is 7.28. The van der Waals surface area contributed by atoms with Crippen molar-refractivity contribution >= 4 is 16.7 Å². The molecule has 1 aliphatic rings. The van der Waals surface area contributed by atoms with E-state index in [1.165, 1.54) is 0 Å². The van der Waals surface area contributed by atoms with Gasteiger partial charge in [-0.2, -0.15) is 0 Å². The molecule has 3 rings (SSSR count). The van der Waals surface area contributed by atoms with Crippen LogP contribution >= 0.6 is 0 Å². The molecule has 1 aromatic heterocycles. The molecule has 0 radical (unpaired) electrons. The fraction of sp³-hybridized carbons (Fsp3) is 0.474. The number of rotatable bonds is 4. The second-order valence-corrected chi connectivity index (χ2v) is 6.48. The summed E-state index contributed by atoms with van der Waals surface area (Å²) < 4.78 is 7.41. The average Bonchev–Trinajstić information content (AvgIpc) is 2.61. The van der Waals surface area contributed by atoms with Crippen LogP contribution in [0, 0.1) is 5.92 Å². The Morgan fingerprint density at radius 3 is 2.67 bits per heavy atom. The maximum Gasteiger partial charge on any atom is 0.260 e. The molecule has 1 amide bonds. The van der Waals surface area contributed by atoms with E-state index in [2.05, 4.69) is 6.92 Å². The minimum Gasteiger partial charge on any atom is -0.483 e. The van der Waals surface area contributed by atoms with Gasteiger partial charge in [-0.1, -0.05) is 13.0 Å². The van der Waals surface area contributed by atoms with Crippen molar-refractivity contribution in [3.63, 3.8) is 0 Å². The van der Waals surface area contributed by atoms with Crippen molar-refractivity contribution in [1.82, 2.24) is 9.47 Å². The van der Waals surface area contributed by atoms with Gasteiger partial charge in [0.05, 0.1) is 5.39 Å². The predicted molar refractivity (Wildman–Crippen MR) is 94.4 cm³/mol. The first kappa shape index (κ1) is 16.6. The second kappa shape index (κ2) is 7.07. The molecule has 0 aliphatic carbocycles. The molecule has 128 valence electrons. The Morgan fingerprint density at radius 2 is 1.96 bits per heavy atom. The van der Waals surface area contributed by atoms with Gasteiger partial charge in [-0.25, -0.2) is 0 Å². The zero-order valence-electron chi connectivity index (χ0n) is 14.3. The van der Waals surface area contributed by atoms with Crippen LogP contribution in [0.25, 0.3) is 10.8 Å². The third kappa shape index (κ3) is 3.30. The minimum atomic E-state index is -0.0307. The number of benzene rings is 1. The number of carbonyl (C=O) groups excluding carboxylic acids is 1. The number of amides is 1. The van der Waals surface area contributed by atoms with Gasteiger partial charge in [0.1, 0.15) is 5.75 Å². The van der Waals surface area contributed by atoms with Gasteiger partial charge in [0, 0.05) is 31.2 Å². The number of nitrogens with zero attached hydrogens (tertiary/aromatic N) is 2. The maximum absolute atomic E-state index is 12.4. The summed E-state index contributed by atoms with van der Waals surface area (Å²) in [6.07, 6.45) is 3.87. The molecule has 2 aromatic rings. The molecular formula is C19H24N2O3. The molecule has 1 saturated heterocycles. The maximum atomic E-state index is 12.4. The van der Waals surface area contributed by atoms with Crippen LogP contribution in [0.3, 0.4) is 0 Å². The van der Waals surface area contributed by atoms with Gasteiger partial charge in [0.25, 0.3) is 11.5 Å². The number of likely N-dealkylation sites (tertiary alicyclic amines) is 1. The number of pyridine rings is 1. The lowest BCUT2D eigenvalue weighted by Gasteiger charge is -2.30. The second-order valence-electron chi connectivity index (χ2n) is 6.48. The first-order valence-corrected chi connectivity index (χ1v) is 8.63. The van der Waals surface area contributed by atoms with Gasteiger partial charge in [-0.3, -0.25) is 9.59 Å². The lowest BCUT2D eigenvalue weighted by Crippen LogP contribution is -2.40. The Hall–Kier alpha value is -2.30. The summed E-state index contributed by atoms with van der Waals surface area (Å²) in [5.41, 5.74) is -0.0307. The molecule has 1 aliphatic heterocycles. The summed E-state index contributed by atoms with van der Waals surface area (Å²) in [5.74, 6) is 1.29. The molecule has 24 heavy (non-hydrogen) atoms. The lowest BCUT2D eigenvalue weighted by molar-refractivity contribution is -0.134. The number of carbonyl (C=O) groups is 1. The van der Waals surface area contributed by atoms with Crippen LogP contribution in [0.5, 0.6) is 5.75 Å². The Labute approximate surface area is 141 Å². The number of hydrogen-bond donors (Lipinski definition) is 0. The fourth-order valence-electron chi connectivity index (χ4n) is 3.15. The summed E-state index contributed by atoms with van der Waals surface area (Å²) in [7, 11) is 0. The smallest absolute Gasteiger partial charge is 0.260 e. The van der Waals surface area contributed by atoms with E-state index in [0.29, 0.717) is 23.6 Å². The summed E-state index contributed by atoms with van der Waals surface area (Å²) in [4.78, 5) is 26.5. The van der Waals surface area contributed by atoms with Crippen LogP contribution < -0.4 is 10.3 Å². The summed E-state index contributed by atoms with van der Waals surface area (Å²) >= 11 is 0. The lowest BCUT2D eigenvalue weighted by atomic mass is 9.99. The van der Waals surface area contributed by atoms with Crippen molar-refractivity contribution < 1.29 is 9.53 Å². The topological polar surface area (TPSA) is 51.5 Å². The van der Waals surface area contributed by atoms with E-state index in [0.717, 1.165) is 31.3 Å². The highest BCUT2D eigenvalue weighted by atomic mass is 16.5. The number of ether oxygens (including phenoxy) is 1. The molecule has 1 aromatic carbocycles. The van der Waals surface area contributed by atoms with Gasteiger partial charge >= 0.3 is 0 Å². The van der Waals surface area contributed by atoms with Crippen molar-refractivity contribution in [3.05, 3.63) is 40.8 Å². The molecular weight excluding hydrogens is 304 g/mol. The first-order valence-electron chi connectivity index (χ1n) is 8.63. The van der Waals surface area contributed by atoms with E-state index in [9.17, 15) is 9.59 Å². The molecule has 5 heteroatoms. The van der Waals surface area contributed by atoms with Gasteiger partial charge in [0.15, 0.2) is 6.61 Å². The molecule has 1 fully saturated rings. The van der Waals surface area contributed by atoms with E-state index < -0.39 is 0 Å². The number of aromatic nitrogens is 1. The number of aryl methyl sites for hydroxylation is 1. The Balaban J connectivity index is 1.75. The van der Waals surface area contributed by atoms with Gasteiger partial charge < -0.3 is 14.2 Å². The molecule has 0 N–H and O–H groups in total. The number of fused-ring (bicyclic) bond motifs is 1. The molecule has 0 atom stereocenters. The van der Waals surface area contributed by atoms with Crippen LogP contribution in [0.1, 0.15) is 26.7 Å². The highest BCUT2D eigenvalue weighted by Crippen LogP contribution is 2.23. The summed E-state index contributed by atoms with van der Waals surface area (Å²) in [6.45, 7) is 6.42. The largest absolute Gasteiger partial charge is 0.483 e. The van der Waals surface area contributed by atoms with Crippen molar-refractivity contribution in [2.75, 3.05) is 19.7 Å². The van der Waals surface area contributed by atoms with Crippen LogP contribution in [0.2, 0.25) is 0 Å². The first-order chi connectivity index (χ1) is 11.6. The molecule has 2 heterocycles. The van der Waals surface area contributed by atoms with E-state index in [-0.39, 0.29) is 18.1 Å². The Kier molecular flexibility index (Phi) is 4.88.